The number of H-pyrrole nitrogens is 1. The maximum Gasteiger partial charge on any atom is 0.123 e. The highest BCUT2D eigenvalue weighted by Gasteiger charge is 2.16. The highest BCUT2D eigenvalue weighted by molar-refractivity contribution is 7.71. The van der Waals surface area contributed by atoms with Gasteiger partial charge in [0, 0.05) is 5.56 Å². The molecule has 0 bridgehead atoms. The number of nitrogen functional groups attached to an aromatic ring is 1. The third kappa shape index (κ3) is 3.32. The summed E-state index contributed by atoms with van der Waals surface area (Å²) < 4.78 is 5.67. The molecule has 1 aromatic carbocycles. The minimum atomic E-state index is -0.327. The van der Waals surface area contributed by atoms with Crippen molar-refractivity contribution in [1.29, 1.82) is 10.5 Å². The third-order valence-electron chi connectivity index (χ3n) is 3.21. The zero-order valence-corrected chi connectivity index (χ0v) is 13.1. The van der Waals surface area contributed by atoms with Crippen LogP contribution in [0.1, 0.15) is 18.1 Å². The van der Waals surface area contributed by atoms with Gasteiger partial charge in [-0.3, -0.25) is 0 Å². The predicted molar refractivity (Wildman–Crippen MR) is 88.1 cm³/mol. The molecule has 0 aliphatic heterocycles. The summed E-state index contributed by atoms with van der Waals surface area (Å²) in [5.74, 6) is 0.696. The van der Waals surface area contributed by atoms with Crippen LogP contribution in [0.3, 0.4) is 0 Å². The first-order chi connectivity index (χ1) is 11.0. The van der Waals surface area contributed by atoms with Gasteiger partial charge >= 0.3 is 0 Å². The summed E-state index contributed by atoms with van der Waals surface area (Å²) in [6.07, 6.45) is -0.327. The molecule has 0 aliphatic rings. The molecule has 0 saturated heterocycles. The number of anilines is 1. The molecule has 1 atom stereocenters. The molecule has 0 fully saturated rings. The molecule has 0 radical (unpaired) electrons. The number of pyridine rings is 1. The van der Waals surface area contributed by atoms with Crippen molar-refractivity contribution >= 4 is 18.0 Å². The first kappa shape index (κ1) is 16.5. The lowest BCUT2D eigenvalue weighted by Crippen LogP contribution is -2.16. The van der Waals surface area contributed by atoms with Crippen LogP contribution < -0.4 is 10.5 Å². The van der Waals surface area contributed by atoms with E-state index in [4.69, 9.17) is 27.8 Å². The molecule has 23 heavy (non-hydrogen) atoms. The Morgan fingerprint density at radius 2 is 1.87 bits per heavy atom. The lowest BCUT2D eigenvalue weighted by atomic mass is 9.97. The fourth-order valence-electron chi connectivity index (χ4n) is 2.10. The van der Waals surface area contributed by atoms with Gasteiger partial charge in [0.2, 0.25) is 0 Å². The van der Waals surface area contributed by atoms with Crippen LogP contribution in [0.15, 0.2) is 24.3 Å². The van der Waals surface area contributed by atoms with Gasteiger partial charge in [-0.15, -0.1) is 0 Å². The fraction of sp³-hybridized carbons (Fsp3) is 0.188. The second-order valence-electron chi connectivity index (χ2n) is 4.85. The van der Waals surface area contributed by atoms with E-state index >= 15 is 0 Å². The molecule has 1 unspecified atom stereocenters. The fourth-order valence-corrected chi connectivity index (χ4v) is 2.36. The average molecular weight is 326 g/mol. The van der Waals surface area contributed by atoms with E-state index in [1.807, 2.05) is 12.1 Å². The number of aliphatic hydroxyl groups excluding tert-OH is 1. The molecule has 116 valence electrons. The molecule has 7 heteroatoms. The normalized spacial score (nSPS) is 11.3. The van der Waals surface area contributed by atoms with Crippen LogP contribution in [0.2, 0.25) is 0 Å². The Balaban J connectivity index is 2.57. The van der Waals surface area contributed by atoms with E-state index < -0.39 is 0 Å². The lowest BCUT2D eigenvalue weighted by Gasteiger charge is -2.13. The number of aromatic nitrogens is 1. The van der Waals surface area contributed by atoms with Crippen molar-refractivity contribution < 1.29 is 9.84 Å². The highest BCUT2D eigenvalue weighted by atomic mass is 32.1. The molecule has 0 saturated carbocycles. The molecule has 4 N–H and O–H groups in total. The van der Waals surface area contributed by atoms with E-state index in [1.54, 1.807) is 31.2 Å². The Kier molecular flexibility index (Phi) is 4.97. The first-order valence-electron chi connectivity index (χ1n) is 6.75. The van der Waals surface area contributed by atoms with E-state index in [-0.39, 0.29) is 34.3 Å². The van der Waals surface area contributed by atoms with E-state index in [0.29, 0.717) is 16.9 Å². The number of aliphatic hydroxyl groups is 1. The number of hydrogen-bond donors (Lipinski definition) is 3. The maximum atomic E-state index is 9.34. The summed E-state index contributed by atoms with van der Waals surface area (Å²) in [6.45, 7) is 1.65. The molecule has 2 aromatic rings. The molecule has 1 aromatic heterocycles. The minimum Gasteiger partial charge on any atom is -0.488 e. The topological polar surface area (TPSA) is 119 Å². The summed E-state index contributed by atoms with van der Waals surface area (Å²) in [5.41, 5.74) is 7.21. The zero-order valence-electron chi connectivity index (χ0n) is 12.3. The van der Waals surface area contributed by atoms with Gasteiger partial charge in [-0.25, -0.2) is 0 Å². The quantitative estimate of drug-likeness (QED) is 0.743. The van der Waals surface area contributed by atoms with Gasteiger partial charge in [0.25, 0.3) is 0 Å². The summed E-state index contributed by atoms with van der Waals surface area (Å²) >= 11 is 5.11. The van der Waals surface area contributed by atoms with Gasteiger partial charge in [0.05, 0.1) is 12.2 Å². The molecule has 2 rings (SSSR count). The SMILES string of the molecule is CC(CO)Oc1ccc(-c2c(C#N)c(N)[nH]c(=S)c2C#N)cc1. The predicted octanol–water partition coefficient (Wildman–Crippen LogP) is 2.50. The molecular weight excluding hydrogens is 312 g/mol. The Hall–Kier alpha value is -2.87. The van der Waals surface area contributed by atoms with Gasteiger partial charge in [0.1, 0.15) is 40.0 Å². The number of nitrogens with one attached hydrogen (secondary N) is 1. The molecule has 0 spiro atoms. The molecule has 0 amide bonds. The number of ether oxygens (including phenoxy) is 1. The van der Waals surface area contributed by atoms with Gasteiger partial charge in [-0.05, 0) is 24.6 Å². The number of aromatic amines is 1. The summed E-state index contributed by atoms with van der Waals surface area (Å²) in [5, 5.41) is 27.7. The third-order valence-corrected chi connectivity index (χ3v) is 3.51. The van der Waals surface area contributed by atoms with Crippen molar-refractivity contribution in [2.45, 2.75) is 13.0 Å². The second kappa shape index (κ2) is 6.93. The van der Waals surface area contributed by atoms with Crippen molar-refractivity contribution in [3.63, 3.8) is 0 Å². The number of nitrogens with zero attached hydrogens (tertiary/aromatic N) is 2. The minimum absolute atomic E-state index is 0.0940. The van der Waals surface area contributed by atoms with Crippen LogP contribution in [0.5, 0.6) is 5.75 Å². The first-order valence-corrected chi connectivity index (χ1v) is 7.16. The van der Waals surface area contributed by atoms with Gasteiger partial charge in [-0.2, -0.15) is 10.5 Å². The Morgan fingerprint density at radius 3 is 2.39 bits per heavy atom. The van der Waals surface area contributed by atoms with Crippen molar-refractivity contribution in [3.05, 3.63) is 40.0 Å². The van der Waals surface area contributed by atoms with Crippen molar-refractivity contribution in [2.75, 3.05) is 12.3 Å². The number of rotatable bonds is 4. The van der Waals surface area contributed by atoms with E-state index in [2.05, 4.69) is 4.98 Å². The number of nitriles is 2. The van der Waals surface area contributed by atoms with Crippen LogP contribution in [0.25, 0.3) is 11.1 Å². The Bertz CT molecular complexity index is 860. The second-order valence-corrected chi connectivity index (χ2v) is 5.26. The van der Waals surface area contributed by atoms with Crippen molar-refractivity contribution in [1.82, 2.24) is 4.98 Å². The standard InChI is InChI=1S/C16H14N4O2S/c1-9(8-21)22-11-4-2-10(3-5-11)14-12(6-17)15(19)20-16(23)13(14)7-18/h2-5,9,21H,8H2,1H3,(H3,19,20,23). The Labute approximate surface area is 138 Å². The largest absolute Gasteiger partial charge is 0.488 e. The molecule has 1 heterocycles. The van der Waals surface area contributed by atoms with E-state index in [0.717, 1.165) is 0 Å². The van der Waals surface area contributed by atoms with Gasteiger partial charge in [-0.1, -0.05) is 24.4 Å². The molecular formula is C16H14N4O2S. The smallest absolute Gasteiger partial charge is 0.123 e. The van der Waals surface area contributed by atoms with Crippen LogP contribution >= 0.6 is 12.2 Å². The number of benzene rings is 1. The number of hydrogen-bond acceptors (Lipinski definition) is 6. The van der Waals surface area contributed by atoms with Crippen LogP contribution in [-0.4, -0.2) is 22.8 Å². The van der Waals surface area contributed by atoms with Crippen LogP contribution in [-0.2, 0) is 0 Å². The van der Waals surface area contributed by atoms with Crippen LogP contribution in [0.4, 0.5) is 5.82 Å². The monoisotopic (exact) mass is 326 g/mol. The zero-order chi connectivity index (χ0) is 17.0. The molecule has 6 nitrogen and oxygen atoms in total. The summed E-state index contributed by atoms with van der Waals surface area (Å²) in [7, 11) is 0. The average Bonchev–Trinajstić information content (AvgIpc) is 2.55. The van der Waals surface area contributed by atoms with Gasteiger partial charge < -0.3 is 20.6 Å². The van der Waals surface area contributed by atoms with Gasteiger partial charge in [0.15, 0.2) is 0 Å². The van der Waals surface area contributed by atoms with Crippen molar-refractivity contribution in [2.24, 2.45) is 0 Å². The maximum absolute atomic E-state index is 9.34. The number of nitrogens with two attached hydrogens (primary N) is 1. The Morgan fingerprint density at radius 1 is 1.26 bits per heavy atom. The summed E-state index contributed by atoms with van der Waals surface area (Å²) in [6, 6.07) is 10.8. The highest BCUT2D eigenvalue weighted by Crippen LogP contribution is 2.31. The van der Waals surface area contributed by atoms with E-state index in [9.17, 15) is 10.5 Å². The summed E-state index contributed by atoms with van der Waals surface area (Å²) in [4.78, 5) is 2.66. The lowest BCUT2D eigenvalue weighted by molar-refractivity contribution is 0.130. The molecule has 0 aliphatic carbocycles. The van der Waals surface area contributed by atoms with Crippen LogP contribution in [0, 0.1) is 27.3 Å². The van der Waals surface area contributed by atoms with Crippen molar-refractivity contribution in [3.8, 4) is 29.0 Å². The van der Waals surface area contributed by atoms with E-state index in [1.165, 1.54) is 0 Å².